The zero-order chi connectivity index (χ0) is 15.4. The van der Waals surface area contributed by atoms with Crippen molar-refractivity contribution in [3.8, 4) is 6.07 Å². The largest absolute Gasteiger partial charge is 0.457 e. The Kier molecular flexibility index (Phi) is 4.46. The summed E-state index contributed by atoms with van der Waals surface area (Å²) >= 11 is 6.03. The van der Waals surface area contributed by atoms with E-state index in [1.165, 1.54) is 6.07 Å². The first kappa shape index (κ1) is 14.9. The minimum atomic E-state index is -0.467. The lowest BCUT2D eigenvalue weighted by atomic mass is 10.1. The SMILES string of the molecule is Cc1cc(N)cc(C(=O)OCc2ccc(C#N)cc2Cl)c1. The molecule has 0 aliphatic heterocycles. The van der Waals surface area contributed by atoms with Crippen molar-refractivity contribution in [3.05, 3.63) is 63.7 Å². The van der Waals surface area contributed by atoms with E-state index in [4.69, 9.17) is 27.3 Å². The molecule has 0 aromatic heterocycles. The fourth-order valence-corrected chi connectivity index (χ4v) is 2.13. The second-order valence-electron chi connectivity index (χ2n) is 4.63. The van der Waals surface area contributed by atoms with Crippen molar-refractivity contribution < 1.29 is 9.53 Å². The van der Waals surface area contributed by atoms with Crippen LogP contribution < -0.4 is 5.73 Å². The number of anilines is 1. The third kappa shape index (κ3) is 3.74. The highest BCUT2D eigenvalue weighted by Crippen LogP contribution is 2.19. The molecule has 0 aliphatic carbocycles. The Hall–Kier alpha value is -2.51. The molecule has 0 unspecified atom stereocenters. The Balaban J connectivity index is 2.09. The number of esters is 1. The van der Waals surface area contributed by atoms with Gasteiger partial charge in [-0.05, 0) is 42.8 Å². The van der Waals surface area contributed by atoms with Crippen LogP contribution >= 0.6 is 11.6 Å². The molecule has 5 heteroatoms. The minimum Gasteiger partial charge on any atom is -0.457 e. The molecule has 0 atom stereocenters. The van der Waals surface area contributed by atoms with Crippen LogP contribution in [-0.4, -0.2) is 5.97 Å². The molecule has 0 heterocycles. The number of hydrogen-bond acceptors (Lipinski definition) is 4. The second kappa shape index (κ2) is 6.29. The summed E-state index contributed by atoms with van der Waals surface area (Å²) in [6.45, 7) is 1.89. The number of aryl methyl sites for hydroxylation is 1. The molecule has 2 rings (SSSR count). The molecule has 0 spiro atoms. The summed E-state index contributed by atoms with van der Waals surface area (Å²) in [6.07, 6.45) is 0. The van der Waals surface area contributed by atoms with Gasteiger partial charge in [0.15, 0.2) is 0 Å². The molecule has 2 aromatic rings. The third-order valence-corrected chi connectivity index (χ3v) is 3.23. The van der Waals surface area contributed by atoms with Crippen molar-refractivity contribution in [2.45, 2.75) is 13.5 Å². The number of nitrogen functional groups attached to an aromatic ring is 1. The molecule has 0 bridgehead atoms. The van der Waals surface area contributed by atoms with Crippen molar-refractivity contribution >= 4 is 23.3 Å². The summed E-state index contributed by atoms with van der Waals surface area (Å²) in [5.41, 5.74) is 8.60. The highest BCUT2D eigenvalue weighted by atomic mass is 35.5. The molecule has 4 nitrogen and oxygen atoms in total. The van der Waals surface area contributed by atoms with Gasteiger partial charge in [-0.25, -0.2) is 4.79 Å². The van der Waals surface area contributed by atoms with Crippen molar-refractivity contribution in [2.24, 2.45) is 0 Å². The number of nitriles is 1. The van der Waals surface area contributed by atoms with E-state index in [9.17, 15) is 4.79 Å². The molecule has 0 saturated carbocycles. The lowest BCUT2D eigenvalue weighted by Crippen LogP contribution is -2.06. The lowest BCUT2D eigenvalue weighted by Gasteiger charge is -2.08. The monoisotopic (exact) mass is 300 g/mol. The van der Waals surface area contributed by atoms with E-state index in [1.54, 1.807) is 30.3 Å². The molecule has 21 heavy (non-hydrogen) atoms. The highest BCUT2D eigenvalue weighted by molar-refractivity contribution is 6.31. The Bertz CT molecular complexity index is 715. The molecule has 0 saturated heterocycles. The maximum Gasteiger partial charge on any atom is 0.338 e. The van der Waals surface area contributed by atoms with Crippen LogP contribution in [0.4, 0.5) is 5.69 Å². The lowest BCUT2D eigenvalue weighted by molar-refractivity contribution is 0.0473. The van der Waals surface area contributed by atoms with Crippen molar-refractivity contribution in [1.29, 1.82) is 5.26 Å². The summed E-state index contributed by atoms with van der Waals surface area (Å²) in [6, 6.07) is 11.9. The van der Waals surface area contributed by atoms with E-state index in [0.29, 0.717) is 27.4 Å². The van der Waals surface area contributed by atoms with E-state index in [2.05, 4.69) is 0 Å². The van der Waals surface area contributed by atoms with Crippen LogP contribution in [0, 0.1) is 18.3 Å². The normalized spacial score (nSPS) is 9.95. The Morgan fingerprint density at radius 1 is 1.33 bits per heavy atom. The number of nitrogens with two attached hydrogens (primary N) is 1. The molecular formula is C16H13ClN2O2. The number of carbonyl (C=O) groups excluding carboxylic acids is 1. The van der Waals surface area contributed by atoms with Gasteiger partial charge in [-0.1, -0.05) is 17.7 Å². The van der Waals surface area contributed by atoms with Gasteiger partial charge in [0.25, 0.3) is 0 Å². The number of ether oxygens (including phenoxy) is 1. The Labute approximate surface area is 127 Å². The van der Waals surface area contributed by atoms with E-state index in [0.717, 1.165) is 5.56 Å². The maximum absolute atomic E-state index is 12.0. The fraction of sp³-hybridized carbons (Fsp3) is 0.125. The predicted molar refractivity (Wildman–Crippen MR) is 80.9 cm³/mol. The standard InChI is InChI=1S/C16H13ClN2O2/c1-10-4-13(7-14(19)5-10)16(20)21-9-12-3-2-11(8-18)6-15(12)17/h2-7H,9,19H2,1H3. The molecule has 0 aliphatic rings. The first-order chi connectivity index (χ1) is 9.99. The number of halogens is 1. The van der Waals surface area contributed by atoms with Gasteiger partial charge >= 0.3 is 5.97 Å². The van der Waals surface area contributed by atoms with Crippen LogP contribution in [0.2, 0.25) is 5.02 Å². The molecular weight excluding hydrogens is 288 g/mol. The van der Waals surface area contributed by atoms with Gasteiger partial charge in [0.05, 0.1) is 17.2 Å². The van der Waals surface area contributed by atoms with Crippen LogP contribution in [0.15, 0.2) is 36.4 Å². The number of hydrogen-bond donors (Lipinski definition) is 1. The summed E-state index contributed by atoms with van der Waals surface area (Å²) < 4.78 is 5.22. The van der Waals surface area contributed by atoms with Gasteiger partial charge in [0.1, 0.15) is 6.61 Å². The van der Waals surface area contributed by atoms with Gasteiger partial charge in [0.2, 0.25) is 0 Å². The molecule has 106 valence electrons. The average molecular weight is 301 g/mol. The molecule has 2 N–H and O–H groups in total. The van der Waals surface area contributed by atoms with Crippen LogP contribution in [0.25, 0.3) is 0 Å². The summed E-state index contributed by atoms with van der Waals surface area (Å²) in [5, 5.41) is 9.16. The highest BCUT2D eigenvalue weighted by Gasteiger charge is 2.10. The Morgan fingerprint density at radius 3 is 2.71 bits per heavy atom. The van der Waals surface area contributed by atoms with E-state index in [1.807, 2.05) is 13.0 Å². The fourth-order valence-electron chi connectivity index (χ4n) is 1.89. The van der Waals surface area contributed by atoms with Crippen molar-refractivity contribution in [1.82, 2.24) is 0 Å². The van der Waals surface area contributed by atoms with Gasteiger partial charge in [-0.2, -0.15) is 5.26 Å². The van der Waals surface area contributed by atoms with E-state index in [-0.39, 0.29) is 6.61 Å². The predicted octanol–water partition coefficient (Wildman–Crippen LogP) is 3.46. The van der Waals surface area contributed by atoms with Crippen molar-refractivity contribution in [2.75, 3.05) is 5.73 Å². The molecule has 0 radical (unpaired) electrons. The van der Waals surface area contributed by atoms with Crippen LogP contribution in [0.5, 0.6) is 0 Å². The van der Waals surface area contributed by atoms with E-state index >= 15 is 0 Å². The number of rotatable bonds is 3. The van der Waals surface area contributed by atoms with Crippen LogP contribution in [-0.2, 0) is 11.3 Å². The number of nitrogens with zero attached hydrogens (tertiary/aromatic N) is 1. The zero-order valence-corrected chi connectivity index (χ0v) is 12.1. The van der Waals surface area contributed by atoms with Gasteiger partial charge < -0.3 is 10.5 Å². The number of carbonyl (C=O) groups is 1. The van der Waals surface area contributed by atoms with E-state index < -0.39 is 5.97 Å². The Morgan fingerprint density at radius 2 is 2.10 bits per heavy atom. The van der Waals surface area contributed by atoms with Gasteiger partial charge in [-0.15, -0.1) is 0 Å². The van der Waals surface area contributed by atoms with Crippen LogP contribution in [0.1, 0.15) is 27.0 Å². The summed E-state index contributed by atoms with van der Waals surface area (Å²) in [5.74, 6) is -0.467. The van der Waals surface area contributed by atoms with Gasteiger partial charge in [0, 0.05) is 16.3 Å². The molecule has 0 amide bonds. The van der Waals surface area contributed by atoms with Crippen molar-refractivity contribution in [3.63, 3.8) is 0 Å². The third-order valence-electron chi connectivity index (χ3n) is 2.88. The first-order valence-electron chi connectivity index (χ1n) is 6.22. The second-order valence-corrected chi connectivity index (χ2v) is 5.03. The number of benzene rings is 2. The minimum absolute atomic E-state index is 0.0389. The van der Waals surface area contributed by atoms with Crippen LogP contribution in [0.3, 0.4) is 0 Å². The summed E-state index contributed by atoms with van der Waals surface area (Å²) in [7, 11) is 0. The maximum atomic E-state index is 12.0. The average Bonchev–Trinajstić information content (AvgIpc) is 2.44. The summed E-state index contributed by atoms with van der Waals surface area (Å²) in [4.78, 5) is 12.0. The quantitative estimate of drug-likeness (QED) is 0.695. The smallest absolute Gasteiger partial charge is 0.338 e. The molecule has 2 aromatic carbocycles. The van der Waals surface area contributed by atoms with Gasteiger partial charge in [-0.3, -0.25) is 0 Å². The topological polar surface area (TPSA) is 76.1 Å². The zero-order valence-electron chi connectivity index (χ0n) is 11.4. The first-order valence-corrected chi connectivity index (χ1v) is 6.60. The molecule has 0 fully saturated rings.